The Hall–Kier alpha value is -1.91. The Bertz CT molecular complexity index is 914. The third-order valence-corrected chi connectivity index (χ3v) is 5.81. The summed E-state index contributed by atoms with van der Waals surface area (Å²) in [5.41, 5.74) is 0.584. The molecule has 3 aromatic rings. The zero-order valence-electron chi connectivity index (χ0n) is 14.0. The number of anilines is 1. The smallest absolute Gasteiger partial charge is 0.239 e. The minimum Gasteiger partial charge on any atom is -0.507 e. The first-order valence-electron chi connectivity index (χ1n) is 7.78. The summed E-state index contributed by atoms with van der Waals surface area (Å²) in [6.07, 6.45) is 1.64. The van der Waals surface area contributed by atoms with Gasteiger partial charge in [-0.25, -0.2) is 4.98 Å². The molecule has 0 unspecified atom stereocenters. The van der Waals surface area contributed by atoms with Gasteiger partial charge in [0.25, 0.3) is 0 Å². The van der Waals surface area contributed by atoms with E-state index in [1.165, 1.54) is 23.1 Å². The number of thiazole rings is 1. The maximum absolute atomic E-state index is 12.3. The van der Waals surface area contributed by atoms with Crippen LogP contribution in [0.5, 0.6) is 5.75 Å². The van der Waals surface area contributed by atoms with Gasteiger partial charge < -0.3 is 15.0 Å². The Labute approximate surface area is 167 Å². The Balaban J connectivity index is 1.82. The van der Waals surface area contributed by atoms with Gasteiger partial charge in [-0.2, -0.15) is 0 Å². The molecule has 2 heterocycles. The van der Waals surface area contributed by atoms with Crippen molar-refractivity contribution in [1.82, 2.24) is 19.7 Å². The van der Waals surface area contributed by atoms with E-state index in [-0.39, 0.29) is 16.9 Å². The van der Waals surface area contributed by atoms with Crippen molar-refractivity contribution in [3.63, 3.8) is 0 Å². The summed E-state index contributed by atoms with van der Waals surface area (Å²) >= 11 is 6.08. The lowest BCUT2D eigenvalue weighted by Gasteiger charge is -2.12. The van der Waals surface area contributed by atoms with Gasteiger partial charge in [-0.3, -0.25) is 4.79 Å². The van der Waals surface area contributed by atoms with Crippen LogP contribution in [-0.4, -0.2) is 36.0 Å². The molecule has 1 amide bonds. The molecular formula is C16H16BrN5O2S2. The molecule has 0 aliphatic carbocycles. The minimum absolute atomic E-state index is 0.126. The molecule has 0 radical (unpaired) electrons. The number of hydrogen-bond acceptors (Lipinski definition) is 7. The number of halogens is 1. The van der Waals surface area contributed by atoms with Gasteiger partial charge in [-0.05, 0) is 32.0 Å². The van der Waals surface area contributed by atoms with Crippen molar-refractivity contribution in [1.29, 1.82) is 0 Å². The lowest BCUT2D eigenvalue weighted by Crippen LogP contribution is -2.22. The number of phenols is 1. The molecule has 0 fully saturated rings. The van der Waals surface area contributed by atoms with E-state index in [1.54, 1.807) is 36.7 Å². The topological polar surface area (TPSA) is 92.9 Å². The van der Waals surface area contributed by atoms with Crippen molar-refractivity contribution < 1.29 is 9.90 Å². The number of hydrogen-bond donors (Lipinski definition) is 2. The molecule has 0 saturated carbocycles. The molecule has 26 heavy (non-hydrogen) atoms. The summed E-state index contributed by atoms with van der Waals surface area (Å²) in [6.45, 7) is 4.38. The average molecular weight is 454 g/mol. The number of benzene rings is 1. The van der Waals surface area contributed by atoms with Crippen LogP contribution in [0.3, 0.4) is 0 Å². The van der Waals surface area contributed by atoms with E-state index in [2.05, 4.69) is 36.4 Å². The fourth-order valence-electron chi connectivity index (χ4n) is 2.25. The molecule has 136 valence electrons. The van der Waals surface area contributed by atoms with Crippen LogP contribution >= 0.6 is 39.0 Å². The molecule has 0 bridgehead atoms. The van der Waals surface area contributed by atoms with E-state index < -0.39 is 0 Å². The second-order valence-corrected chi connectivity index (χ2v) is 8.42. The number of nitrogens with one attached hydrogen (secondary N) is 1. The SMILES string of the molecule is CCn1c(S[C@@H](C)C(=O)Nc2nccs2)nnc1-c1cc(Br)ccc1O. The molecule has 7 nitrogen and oxygen atoms in total. The van der Waals surface area contributed by atoms with Gasteiger partial charge in [0, 0.05) is 22.6 Å². The molecule has 0 spiro atoms. The van der Waals surface area contributed by atoms with Crippen LogP contribution in [0.1, 0.15) is 13.8 Å². The van der Waals surface area contributed by atoms with Crippen molar-refractivity contribution in [2.45, 2.75) is 30.8 Å². The molecule has 2 aromatic heterocycles. The zero-order chi connectivity index (χ0) is 18.7. The van der Waals surface area contributed by atoms with Gasteiger partial charge in [0.1, 0.15) is 5.75 Å². The van der Waals surface area contributed by atoms with Crippen LogP contribution in [0.25, 0.3) is 11.4 Å². The number of carbonyl (C=O) groups is 1. The average Bonchev–Trinajstić information content (AvgIpc) is 3.26. The summed E-state index contributed by atoms with van der Waals surface area (Å²) in [4.78, 5) is 16.4. The Morgan fingerprint density at radius 1 is 1.46 bits per heavy atom. The lowest BCUT2D eigenvalue weighted by atomic mass is 10.2. The lowest BCUT2D eigenvalue weighted by molar-refractivity contribution is -0.115. The fourth-order valence-corrected chi connectivity index (χ4v) is 4.06. The molecule has 10 heteroatoms. The number of amides is 1. The normalized spacial score (nSPS) is 12.1. The molecule has 0 aliphatic heterocycles. The summed E-state index contributed by atoms with van der Waals surface area (Å²) in [7, 11) is 0. The van der Waals surface area contributed by atoms with Gasteiger partial charge in [0.15, 0.2) is 16.1 Å². The monoisotopic (exact) mass is 453 g/mol. The third-order valence-electron chi connectivity index (χ3n) is 3.55. The maximum atomic E-state index is 12.3. The number of rotatable bonds is 6. The molecular weight excluding hydrogens is 438 g/mol. The Morgan fingerprint density at radius 3 is 2.96 bits per heavy atom. The van der Waals surface area contributed by atoms with Crippen molar-refractivity contribution in [2.24, 2.45) is 0 Å². The maximum Gasteiger partial charge on any atom is 0.239 e. The summed E-state index contributed by atoms with van der Waals surface area (Å²) in [5.74, 6) is 0.533. The number of aromatic nitrogens is 4. The van der Waals surface area contributed by atoms with Gasteiger partial charge >= 0.3 is 0 Å². The Morgan fingerprint density at radius 2 is 2.27 bits per heavy atom. The van der Waals surface area contributed by atoms with E-state index in [0.29, 0.717) is 28.2 Å². The minimum atomic E-state index is -0.377. The zero-order valence-corrected chi connectivity index (χ0v) is 17.2. The second-order valence-electron chi connectivity index (χ2n) is 5.30. The van der Waals surface area contributed by atoms with Crippen molar-refractivity contribution in [3.8, 4) is 17.1 Å². The van der Waals surface area contributed by atoms with E-state index in [0.717, 1.165) is 4.47 Å². The van der Waals surface area contributed by atoms with Crippen LogP contribution in [0.15, 0.2) is 39.4 Å². The van der Waals surface area contributed by atoms with Crippen LogP contribution in [0, 0.1) is 0 Å². The first-order chi connectivity index (χ1) is 12.5. The number of aromatic hydroxyl groups is 1. The van der Waals surface area contributed by atoms with Crippen molar-refractivity contribution in [2.75, 3.05) is 5.32 Å². The number of carbonyl (C=O) groups excluding carboxylic acids is 1. The molecule has 2 N–H and O–H groups in total. The van der Waals surface area contributed by atoms with Crippen LogP contribution < -0.4 is 5.32 Å². The van der Waals surface area contributed by atoms with Crippen molar-refractivity contribution in [3.05, 3.63) is 34.2 Å². The van der Waals surface area contributed by atoms with E-state index >= 15 is 0 Å². The predicted molar refractivity (Wildman–Crippen MR) is 107 cm³/mol. The van der Waals surface area contributed by atoms with Crippen LogP contribution in [-0.2, 0) is 11.3 Å². The number of phenolic OH excluding ortho intramolecular Hbond substituents is 1. The standard InChI is InChI=1S/C16H16BrN5O2S2/c1-3-22-13(11-8-10(17)4-5-12(11)23)20-21-16(22)26-9(2)14(24)19-15-18-6-7-25-15/h4-9,23H,3H2,1-2H3,(H,18,19,24)/t9-/m0/s1. The van der Waals surface area contributed by atoms with E-state index in [9.17, 15) is 9.90 Å². The summed E-state index contributed by atoms with van der Waals surface area (Å²) < 4.78 is 2.71. The number of nitrogens with zero attached hydrogens (tertiary/aromatic N) is 4. The highest BCUT2D eigenvalue weighted by Gasteiger charge is 2.22. The van der Waals surface area contributed by atoms with Gasteiger partial charge in [0.05, 0.1) is 10.8 Å². The quantitative estimate of drug-likeness (QED) is 0.547. The number of thioether (sulfide) groups is 1. The van der Waals surface area contributed by atoms with Gasteiger partial charge in [0.2, 0.25) is 5.91 Å². The van der Waals surface area contributed by atoms with E-state index in [1.807, 2.05) is 11.5 Å². The molecule has 0 saturated heterocycles. The highest BCUT2D eigenvalue weighted by Crippen LogP contribution is 2.33. The van der Waals surface area contributed by atoms with Crippen molar-refractivity contribution >= 4 is 50.1 Å². The molecule has 1 aromatic carbocycles. The molecule has 1 atom stereocenters. The first-order valence-corrected chi connectivity index (χ1v) is 10.3. The highest BCUT2D eigenvalue weighted by atomic mass is 79.9. The van der Waals surface area contributed by atoms with Crippen LogP contribution in [0.2, 0.25) is 0 Å². The predicted octanol–water partition coefficient (Wildman–Crippen LogP) is 4.01. The third kappa shape index (κ3) is 4.08. The Kier molecular flexibility index (Phi) is 5.94. The van der Waals surface area contributed by atoms with Crippen LogP contribution in [0.4, 0.5) is 5.13 Å². The summed E-state index contributed by atoms with van der Waals surface area (Å²) in [5, 5.41) is 24.0. The van der Waals surface area contributed by atoms with Gasteiger partial charge in [-0.1, -0.05) is 27.7 Å². The van der Waals surface area contributed by atoms with E-state index in [4.69, 9.17) is 0 Å². The molecule has 3 rings (SSSR count). The highest BCUT2D eigenvalue weighted by molar-refractivity contribution is 9.10. The first kappa shape index (κ1) is 18.9. The summed E-state index contributed by atoms with van der Waals surface area (Å²) in [6, 6.07) is 5.15. The fraction of sp³-hybridized carbons (Fsp3) is 0.250. The molecule has 0 aliphatic rings. The van der Waals surface area contributed by atoms with Gasteiger partial charge in [-0.15, -0.1) is 21.5 Å². The largest absolute Gasteiger partial charge is 0.507 e. The second kappa shape index (κ2) is 8.19.